The number of hydrogen-bond acceptors (Lipinski definition) is 3. The summed E-state index contributed by atoms with van der Waals surface area (Å²) in [7, 11) is 0. The number of benzene rings is 1. The molecule has 0 bridgehead atoms. The fourth-order valence-corrected chi connectivity index (χ4v) is 1.44. The molecule has 2 rings (SSSR count). The van der Waals surface area contributed by atoms with E-state index < -0.39 is 0 Å². The number of aromatic hydroxyl groups is 1. The third-order valence-corrected chi connectivity index (χ3v) is 2.46. The van der Waals surface area contributed by atoms with E-state index in [1.165, 1.54) is 0 Å². The SMILES string of the molecule is Oc1ccccc1CCOC1CNC1. The number of nitrogens with one attached hydrogen (secondary N) is 1. The van der Waals surface area contributed by atoms with Crippen molar-refractivity contribution in [2.24, 2.45) is 0 Å². The summed E-state index contributed by atoms with van der Waals surface area (Å²) in [6.45, 7) is 2.60. The summed E-state index contributed by atoms with van der Waals surface area (Å²) in [6, 6.07) is 7.40. The topological polar surface area (TPSA) is 41.5 Å². The first kappa shape index (κ1) is 9.49. The lowest BCUT2D eigenvalue weighted by Crippen LogP contribution is -2.48. The molecule has 0 amide bonds. The fraction of sp³-hybridized carbons (Fsp3) is 0.455. The Bertz CT molecular complexity index is 297. The van der Waals surface area contributed by atoms with Gasteiger partial charge in [0.15, 0.2) is 0 Å². The lowest BCUT2D eigenvalue weighted by molar-refractivity contribution is 0.0206. The summed E-state index contributed by atoms with van der Waals surface area (Å²) in [4.78, 5) is 0. The Labute approximate surface area is 83.7 Å². The number of phenols is 1. The molecular weight excluding hydrogens is 178 g/mol. The molecule has 0 saturated carbocycles. The predicted octanol–water partition coefficient (Wildman–Crippen LogP) is 0.923. The summed E-state index contributed by atoms with van der Waals surface area (Å²) < 4.78 is 5.56. The van der Waals surface area contributed by atoms with Gasteiger partial charge in [0, 0.05) is 13.1 Å². The molecule has 1 aromatic rings. The Hall–Kier alpha value is -1.06. The minimum Gasteiger partial charge on any atom is -0.508 e. The van der Waals surface area contributed by atoms with Gasteiger partial charge in [-0.2, -0.15) is 0 Å². The largest absolute Gasteiger partial charge is 0.508 e. The molecule has 0 aromatic heterocycles. The Morgan fingerprint density at radius 2 is 2.14 bits per heavy atom. The molecule has 1 aromatic carbocycles. The van der Waals surface area contributed by atoms with E-state index in [0.29, 0.717) is 18.5 Å². The van der Waals surface area contributed by atoms with Crippen molar-refractivity contribution in [2.75, 3.05) is 19.7 Å². The van der Waals surface area contributed by atoms with E-state index in [2.05, 4.69) is 5.32 Å². The van der Waals surface area contributed by atoms with Crippen LogP contribution in [-0.2, 0) is 11.2 Å². The molecule has 1 heterocycles. The molecule has 2 N–H and O–H groups in total. The number of ether oxygens (including phenoxy) is 1. The minimum atomic E-state index is 0.364. The van der Waals surface area contributed by atoms with Crippen molar-refractivity contribution in [3.63, 3.8) is 0 Å². The summed E-state index contributed by atoms with van der Waals surface area (Å²) in [5.41, 5.74) is 0.958. The average molecular weight is 193 g/mol. The molecule has 1 fully saturated rings. The highest BCUT2D eigenvalue weighted by molar-refractivity contribution is 5.31. The maximum atomic E-state index is 9.48. The van der Waals surface area contributed by atoms with Gasteiger partial charge in [0.2, 0.25) is 0 Å². The molecule has 0 atom stereocenters. The summed E-state index contributed by atoms with van der Waals surface area (Å²) in [5.74, 6) is 0.364. The van der Waals surface area contributed by atoms with Gasteiger partial charge < -0.3 is 15.2 Å². The zero-order valence-corrected chi connectivity index (χ0v) is 8.07. The monoisotopic (exact) mass is 193 g/mol. The quantitative estimate of drug-likeness (QED) is 0.747. The molecular formula is C11H15NO2. The third kappa shape index (κ3) is 2.25. The van der Waals surface area contributed by atoms with Crippen molar-refractivity contribution < 1.29 is 9.84 Å². The van der Waals surface area contributed by atoms with E-state index in [-0.39, 0.29) is 0 Å². The van der Waals surface area contributed by atoms with Gasteiger partial charge in [0.1, 0.15) is 5.75 Å². The maximum absolute atomic E-state index is 9.48. The Balaban J connectivity index is 1.76. The van der Waals surface area contributed by atoms with E-state index in [1.54, 1.807) is 6.07 Å². The van der Waals surface area contributed by atoms with Gasteiger partial charge in [-0.15, -0.1) is 0 Å². The van der Waals surface area contributed by atoms with E-state index in [9.17, 15) is 5.11 Å². The molecule has 0 radical (unpaired) electrons. The number of phenolic OH excluding ortho intramolecular Hbond substituents is 1. The smallest absolute Gasteiger partial charge is 0.118 e. The summed E-state index contributed by atoms with van der Waals surface area (Å²) >= 11 is 0. The van der Waals surface area contributed by atoms with Gasteiger partial charge in [-0.25, -0.2) is 0 Å². The van der Waals surface area contributed by atoms with Crippen molar-refractivity contribution in [3.8, 4) is 5.75 Å². The van der Waals surface area contributed by atoms with Crippen LogP contribution < -0.4 is 5.32 Å². The van der Waals surface area contributed by atoms with Crippen molar-refractivity contribution >= 4 is 0 Å². The molecule has 3 heteroatoms. The molecule has 14 heavy (non-hydrogen) atoms. The van der Waals surface area contributed by atoms with Crippen LogP contribution in [0.3, 0.4) is 0 Å². The van der Waals surface area contributed by atoms with Gasteiger partial charge in [0.25, 0.3) is 0 Å². The number of para-hydroxylation sites is 1. The Kier molecular flexibility index (Phi) is 3.01. The molecule has 0 aliphatic carbocycles. The van der Waals surface area contributed by atoms with Gasteiger partial charge in [-0.05, 0) is 18.1 Å². The van der Waals surface area contributed by atoms with Crippen molar-refractivity contribution in [1.29, 1.82) is 0 Å². The van der Waals surface area contributed by atoms with Crippen molar-refractivity contribution in [1.82, 2.24) is 5.32 Å². The van der Waals surface area contributed by atoms with Gasteiger partial charge in [-0.3, -0.25) is 0 Å². The first-order valence-corrected chi connectivity index (χ1v) is 4.95. The Morgan fingerprint density at radius 3 is 2.79 bits per heavy atom. The van der Waals surface area contributed by atoms with Gasteiger partial charge >= 0.3 is 0 Å². The first-order valence-electron chi connectivity index (χ1n) is 4.95. The first-order chi connectivity index (χ1) is 6.86. The standard InChI is InChI=1S/C11H15NO2/c13-11-4-2-1-3-9(11)5-6-14-10-7-12-8-10/h1-4,10,12-13H,5-8H2. The van der Waals surface area contributed by atoms with E-state index in [4.69, 9.17) is 4.74 Å². The lowest BCUT2D eigenvalue weighted by atomic mass is 10.1. The summed E-state index contributed by atoms with van der Waals surface area (Å²) in [6.07, 6.45) is 1.16. The van der Waals surface area contributed by atoms with E-state index >= 15 is 0 Å². The molecule has 1 aliphatic heterocycles. The lowest BCUT2D eigenvalue weighted by Gasteiger charge is -2.27. The fourth-order valence-electron chi connectivity index (χ4n) is 1.44. The van der Waals surface area contributed by atoms with Crippen LogP contribution in [0.25, 0.3) is 0 Å². The molecule has 1 aliphatic rings. The van der Waals surface area contributed by atoms with Crippen LogP contribution in [0.15, 0.2) is 24.3 Å². The predicted molar refractivity (Wildman–Crippen MR) is 54.4 cm³/mol. The van der Waals surface area contributed by atoms with Crippen LogP contribution in [0.2, 0.25) is 0 Å². The molecule has 1 saturated heterocycles. The van der Waals surface area contributed by atoms with Crippen molar-refractivity contribution in [2.45, 2.75) is 12.5 Å². The second-order valence-electron chi connectivity index (χ2n) is 3.53. The zero-order valence-electron chi connectivity index (χ0n) is 8.07. The highest BCUT2D eigenvalue weighted by atomic mass is 16.5. The van der Waals surface area contributed by atoms with E-state index in [0.717, 1.165) is 25.1 Å². The minimum absolute atomic E-state index is 0.364. The second-order valence-corrected chi connectivity index (χ2v) is 3.53. The van der Waals surface area contributed by atoms with Crippen LogP contribution in [0.1, 0.15) is 5.56 Å². The molecule has 0 unspecified atom stereocenters. The van der Waals surface area contributed by atoms with Gasteiger partial charge in [0.05, 0.1) is 12.7 Å². The maximum Gasteiger partial charge on any atom is 0.118 e. The van der Waals surface area contributed by atoms with Crippen molar-refractivity contribution in [3.05, 3.63) is 29.8 Å². The van der Waals surface area contributed by atoms with Gasteiger partial charge in [-0.1, -0.05) is 18.2 Å². The summed E-state index contributed by atoms with van der Waals surface area (Å²) in [5, 5.41) is 12.6. The number of rotatable bonds is 4. The third-order valence-electron chi connectivity index (χ3n) is 2.46. The normalized spacial score (nSPS) is 16.6. The van der Waals surface area contributed by atoms with Crippen LogP contribution >= 0.6 is 0 Å². The van der Waals surface area contributed by atoms with Crippen LogP contribution in [-0.4, -0.2) is 30.9 Å². The molecule has 3 nitrogen and oxygen atoms in total. The highest BCUT2D eigenvalue weighted by Crippen LogP contribution is 2.16. The second kappa shape index (κ2) is 4.44. The number of hydrogen-bond donors (Lipinski definition) is 2. The van der Waals surface area contributed by atoms with Crippen LogP contribution in [0, 0.1) is 0 Å². The van der Waals surface area contributed by atoms with Crippen LogP contribution in [0.4, 0.5) is 0 Å². The van der Waals surface area contributed by atoms with Crippen LogP contribution in [0.5, 0.6) is 5.75 Å². The van der Waals surface area contributed by atoms with E-state index in [1.807, 2.05) is 18.2 Å². The molecule has 76 valence electrons. The Morgan fingerprint density at radius 1 is 1.36 bits per heavy atom. The zero-order chi connectivity index (χ0) is 9.80. The highest BCUT2D eigenvalue weighted by Gasteiger charge is 2.16. The average Bonchev–Trinajstić information content (AvgIpc) is 2.12. The molecule has 0 spiro atoms.